The van der Waals surface area contributed by atoms with Crippen LogP contribution in [0.25, 0.3) is 0 Å². The highest BCUT2D eigenvalue weighted by Gasteiger charge is 2.19. The summed E-state index contributed by atoms with van der Waals surface area (Å²) in [6.07, 6.45) is -6.74. The molecule has 2 atom stereocenters. The van der Waals surface area contributed by atoms with Crippen molar-refractivity contribution >= 4 is 0 Å². The summed E-state index contributed by atoms with van der Waals surface area (Å²) < 4.78 is 47.8. The van der Waals surface area contributed by atoms with Crippen molar-refractivity contribution in [2.75, 3.05) is 0 Å². The summed E-state index contributed by atoms with van der Waals surface area (Å²) >= 11 is 0. The van der Waals surface area contributed by atoms with Crippen LogP contribution < -0.4 is 0 Å². The van der Waals surface area contributed by atoms with Crippen molar-refractivity contribution in [3.63, 3.8) is 0 Å². The number of rotatable bonds is 5. The molecule has 4 heteroatoms. The van der Waals surface area contributed by atoms with Crippen LogP contribution in [-0.2, 0) is 0 Å². The van der Waals surface area contributed by atoms with Gasteiger partial charge in [0.1, 0.15) is 12.3 Å². The number of halogens is 4. The summed E-state index contributed by atoms with van der Waals surface area (Å²) in [5, 5.41) is 0. The van der Waals surface area contributed by atoms with E-state index in [-0.39, 0.29) is 12.8 Å². The van der Waals surface area contributed by atoms with Gasteiger partial charge in [-0.1, -0.05) is 6.92 Å². The third kappa shape index (κ3) is 5.04. The first kappa shape index (κ1) is 10.7. The van der Waals surface area contributed by atoms with Gasteiger partial charge in [-0.2, -0.15) is 0 Å². The van der Waals surface area contributed by atoms with Gasteiger partial charge in [0, 0.05) is 6.42 Å². The van der Waals surface area contributed by atoms with E-state index < -0.39 is 25.2 Å². The maximum atomic E-state index is 12.4. The van der Waals surface area contributed by atoms with Crippen molar-refractivity contribution in [3.8, 4) is 0 Å². The number of hydrogen-bond donors (Lipinski definition) is 0. The molecular weight excluding hydrogens is 160 g/mol. The first-order valence-electron chi connectivity index (χ1n) is 3.64. The quantitative estimate of drug-likeness (QED) is 0.559. The Morgan fingerprint density at radius 2 is 1.45 bits per heavy atom. The number of alkyl halides is 4. The largest absolute Gasteiger partial charge is 0.244 e. The maximum Gasteiger partial charge on any atom is 0.238 e. The third-order valence-corrected chi connectivity index (χ3v) is 1.44. The predicted molar refractivity (Wildman–Crippen MR) is 35.3 cm³/mol. The lowest BCUT2D eigenvalue weighted by atomic mass is 10.1. The summed E-state index contributed by atoms with van der Waals surface area (Å²) in [5.41, 5.74) is 0. The molecule has 0 aliphatic rings. The standard InChI is InChI=1S/C7H12F4/c1-2-5(8)6(9)3-4-7(10)11/h5-7H,2-4H2,1H3/t5?,6-/m0/s1. The van der Waals surface area contributed by atoms with Gasteiger partial charge >= 0.3 is 0 Å². The maximum absolute atomic E-state index is 12.4. The average Bonchev–Trinajstić information content (AvgIpc) is 1.98. The molecule has 0 aromatic carbocycles. The van der Waals surface area contributed by atoms with Crippen molar-refractivity contribution in [3.05, 3.63) is 0 Å². The molecule has 0 aliphatic heterocycles. The highest BCUT2D eigenvalue weighted by atomic mass is 19.3. The molecule has 0 aromatic rings. The van der Waals surface area contributed by atoms with Crippen LogP contribution in [0.4, 0.5) is 17.6 Å². The van der Waals surface area contributed by atoms with Gasteiger partial charge in [0.15, 0.2) is 0 Å². The van der Waals surface area contributed by atoms with E-state index in [4.69, 9.17) is 0 Å². The minimum Gasteiger partial charge on any atom is -0.244 e. The van der Waals surface area contributed by atoms with Gasteiger partial charge in [0.2, 0.25) is 6.43 Å². The second-order valence-electron chi connectivity index (χ2n) is 2.41. The van der Waals surface area contributed by atoms with Crippen LogP contribution >= 0.6 is 0 Å². The molecule has 1 unspecified atom stereocenters. The molecule has 11 heavy (non-hydrogen) atoms. The minimum absolute atomic E-state index is 0.0460. The Morgan fingerprint density at radius 1 is 0.909 bits per heavy atom. The molecule has 0 aliphatic carbocycles. The lowest BCUT2D eigenvalue weighted by Gasteiger charge is -2.10. The lowest BCUT2D eigenvalue weighted by Crippen LogP contribution is -2.16. The van der Waals surface area contributed by atoms with Gasteiger partial charge in [0.25, 0.3) is 0 Å². The summed E-state index contributed by atoms with van der Waals surface area (Å²) in [6, 6.07) is 0. The fourth-order valence-corrected chi connectivity index (χ4v) is 0.722. The van der Waals surface area contributed by atoms with E-state index in [1.54, 1.807) is 0 Å². The van der Waals surface area contributed by atoms with E-state index in [9.17, 15) is 17.6 Å². The van der Waals surface area contributed by atoms with Gasteiger partial charge in [-0.3, -0.25) is 0 Å². The Hall–Kier alpha value is -0.280. The smallest absolute Gasteiger partial charge is 0.238 e. The van der Waals surface area contributed by atoms with E-state index in [1.807, 2.05) is 0 Å². The Morgan fingerprint density at radius 3 is 1.82 bits per heavy atom. The van der Waals surface area contributed by atoms with Crippen molar-refractivity contribution in [1.82, 2.24) is 0 Å². The fraction of sp³-hybridized carbons (Fsp3) is 1.00. The van der Waals surface area contributed by atoms with Crippen molar-refractivity contribution in [2.45, 2.75) is 45.0 Å². The van der Waals surface area contributed by atoms with Gasteiger partial charge < -0.3 is 0 Å². The van der Waals surface area contributed by atoms with Crippen LogP contribution in [0.3, 0.4) is 0 Å². The molecule has 0 aromatic heterocycles. The highest BCUT2D eigenvalue weighted by molar-refractivity contribution is 4.66. The highest BCUT2D eigenvalue weighted by Crippen LogP contribution is 2.15. The summed E-state index contributed by atoms with van der Waals surface area (Å²) in [6.45, 7) is 1.49. The molecule has 0 spiro atoms. The van der Waals surface area contributed by atoms with Crippen LogP contribution in [-0.4, -0.2) is 18.8 Å². The molecule has 0 heterocycles. The Bertz CT molecular complexity index is 94.4. The van der Waals surface area contributed by atoms with Crippen LogP contribution in [0, 0.1) is 0 Å². The molecule has 0 saturated carbocycles. The topological polar surface area (TPSA) is 0 Å². The molecular formula is C7H12F4. The van der Waals surface area contributed by atoms with Crippen molar-refractivity contribution in [1.29, 1.82) is 0 Å². The monoisotopic (exact) mass is 172 g/mol. The van der Waals surface area contributed by atoms with E-state index in [0.29, 0.717) is 0 Å². The second-order valence-corrected chi connectivity index (χ2v) is 2.41. The van der Waals surface area contributed by atoms with E-state index in [1.165, 1.54) is 6.92 Å². The van der Waals surface area contributed by atoms with Crippen LogP contribution in [0.15, 0.2) is 0 Å². The van der Waals surface area contributed by atoms with Gasteiger partial charge in [-0.05, 0) is 12.8 Å². The molecule has 0 N–H and O–H groups in total. The molecule has 0 amide bonds. The van der Waals surface area contributed by atoms with Gasteiger partial charge in [-0.25, -0.2) is 17.6 Å². The normalized spacial score (nSPS) is 16.9. The molecule has 0 bridgehead atoms. The summed E-state index contributed by atoms with van der Waals surface area (Å²) in [7, 11) is 0. The van der Waals surface area contributed by atoms with Gasteiger partial charge in [-0.15, -0.1) is 0 Å². The van der Waals surface area contributed by atoms with Gasteiger partial charge in [0.05, 0.1) is 0 Å². The molecule has 68 valence electrons. The molecule has 0 saturated heterocycles. The fourth-order valence-electron chi connectivity index (χ4n) is 0.722. The first-order valence-corrected chi connectivity index (χ1v) is 3.64. The molecule has 0 radical (unpaired) electrons. The van der Waals surface area contributed by atoms with E-state index in [2.05, 4.69) is 0 Å². The average molecular weight is 172 g/mol. The van der Waals surface area contributed by atoms with E-state index >= 15 is 0 Å². The Kier molecular flexibility index (Phi) is 5.24. The minimum atomic E-state index is -2.53. The summed E-state index contributed by atoms with van der Waals surface area (Å²) in [4.78, 5) is 0. The number of hydrogen-bond acceptors (Lipinski definition) is 0. The van der Waals surface area contributed by atoms with Crippen molar-refractivity contribution in [2.24, 2.45) is 0 Å². The lowest BCUT2D eigenvalue weighted by molar-refractivity contribution is 0.0964. The molecule has 0 rings (SSSR count). The van der Waals surface area contributed by atoms with Crippen molar-refractivity contribution < 1.29 is 17.6 Å². The zero-order valence-corrected chi connectivity index (χ0v) is 6.37. The van der Waals surface area contributed by atoms with Crippen LogP contribution in [0.5, 0.6) is 0 Å². The van der Waals surface area contributed by atoms with Crippen LogP contribution in [0.2, 0.25) is 0 Å². The first-order chi connectivity index (χ1) is 5.07. The Labute approximate surface area is 63.6 Å². The SMILES string of the molecule is CCC(F)[C@@H](F)CCC(F)F. The van der Waals surface area contributed by atoms with Crippen LogP contribution in [0.1, 0.15) is 26.2 Å². The third-order valence-electron chi connectivity index (χ3n) is 1.44. The second kappa shape index (κ2) is 5.38. The zero-order chi connectivity index (χ0) is 8.85. The zero-order valence-electron chi connectivity index (χ0n) is 6.37. The predicted octanol–water partition coefficient (Wildman–Crippen LogP) is 3.12. The molecule has 0 nitrogen and oxygen atoms in total. The molecule has 0 fully saturated rings. The Balaban J connectivity index is 3.43. The van der Waals surface area contributed by atoms with E-state index in [0.717, 1.165) is 0 Å². The summed E-state index contributed by atoms with van der Waals surface area (Å²) in [5.74, 6) is 0.